The van der Waals surface area contributed by atoms with Gasteiger partial charge in [0.05, 0.1) is 10.8 Å². The van der Waals surface area contributed by atoms with Crippen LogP contribution in [0.4, 0.5) is 0 Å². The van der Waals surface area contributed by atoms with Crippen LogP contribution in [0.2, 0.25) is 0 Å². The summed E-state index contributed by atoms with van der Waals surface area (Å²) in [5.41, 5.74) is 1.14. The highest BCUT2D eigenvalue weighted by atomic mass is 32.2. The molecular formula is C14H22N2OS. The molecule has 1 rings (SSSR count). The molecule has 1 aromatic heterocycles. The molecule has 3 nitrogen and oxygen atoms in total. The number of carbonyl (C=O) groups is 1. The molecule has 0 saturated carbocycles. The minimum Gasteiger partial charge on any atom is -0.337 e. The Kier molecular flexibility index (Phi) is 5.66. The van der Waals surface area contributed by atoms with Gasteiger partial charge in [-0.05, 0) is 46.2 Å². The second kappa shape index (κ2) is 6.78. The number of rotatable bonds is 5. The van der Waals surface area contributed by atoms with Crippen molar-refractivity contribution in [2.75, 3.05) is 5.75 Å². The smallest absolute Gasteiger partial charge is 0.233 e. The van der Waals surface area contributed by atoms with Crippen LogP contribution < -0.4 is 0 Å². The van der Waals surface area contributed by atoms with E-state index in [2.05, 4.69) is 4.98 Å². The molecule has 0 radical (unpaired) electrons. The van der Waals surface area contributed by atoms with Crippen LogP contribution in [0.5, 0.6) is 0 Å². The van der Waals surface area contributed by atoms with Crippen molar-refractivity contribution >= 4 is 17.7 Å². The Morgan fingerprint density at radius 3 is 2.33 bits per heavy atom. The second-order valence-electron chi connectivity index (χ2n) is 4.95. The largest absolute Gasteiger partial charge is 0.337 e. The van der Waals surface area contributed by atoms with Gasteiger partial charge in [0.2, 0.25) is 5.91 Å². The maximum absolute atomic E-state index is 12.1. The summed E-state index contributed by atoms with van der Waals surface area (Å²) >= 11 is 1.50. The number of amides is 1. The van der Waals surface area contributed by atoms with Gasteiger partial charge < -0.3 is 4.90 Å². The van der Waals surface area contributed by atoms with Crippen LogP contribution >= 0.6 is 11.8 Å². The lowest BCUT2D eigenvalue weighted by molar-refractivity contribution is -0.131. The molecule has 1 heterocycles. The van der Waals surface area contributed by atoms with Crippen molar-refractivity contribution < 1.29 is 4.79 Å². The van der Waals surface area contributed by atoms with Crippen molar-refractivity contribution in [1.82, 2.24) is 9.88 Å². The molecule has 0 aliphatic carbocycles. The Bertz CT molecular complexity index is 379. The molecule has 100 valence electrons. The lowest BCUT2D eigenvalue weighted by Crippen LogP contribution is -2.43. The predicted octanol–water partition coefficient (Wildman–Crippen LogP) is 3.13. The van der Waals surface area contributed by atoms with Crippen LogP contribution in [-0.2, 0) is 4.79 Å². The van der Waals surface area contributed by atoms with E-state index < -0.39 is 0 Å². The minimum atomic E-state index is 0.173. The summed E-state index contributed by atoms with van der Waals surface area (Å²) in [4.78, 5) is 18.4. The summed E-state index contributed by atoms with van der Waals surface area (Å²) in [6.07, 6.45) is 1.83. The number of hydrogen-bond acceptors (Lipinski definition) is 3. The summed E-state index contributed by atoms with van der Waals surface area (Å²) in [5.74, 6) is 0.624. The number of thioether (sulfide) groups is 1. The zero-order valence-corrected chi connectivity index (χ0v) is 12.6. The average molecular weight is 266 g/mol. The highest BCUT2D eigenvalue weighted by molar-refractivity contribution is 7.99. The first kappa shape index (κ1) is 15.0. The van der Waals surface area contributed by atoms with Crippen molar-refractivity contribution in [2.45, 2.75) is 51.7 Å². The molecule has 18 heavy (non-hydrogen) atoms. The number of pyridine rings is 1. The monoisotopic (exact) mass is 266 g/mol. The molecule has 4 heteroatoms. The van der Waals surface area contributed by atoms with E-state index in [1.807, 2.05) is 57.8 Å². The van der Waals surface area contributed by atoms with Crippen molar-refractivity contribution in [2.24, 2.45) is 0 Å². The van der Waals surface area contributed by atoms with Crippen LogP contribution in [-0.4, -0.2) is 33.6 Å². The molecule has 0 aliphatic rings. The fourth-order valence-electron chi connectivity index (χ4n) is 1.92. The average Bonchev–Trinajstić information content (AvgIpc) is 2.27. The molecule has 0 saturated heterocycles. The SMILES string of the molecule is Cc1ccc(SCC(=O)N(C(C)C)C(C)C)nc1. The molecule has 1 amide bonds. The first-order valence-electron chi connectivity index (χ1n) is 6.28. The number of aryl methyl sites for hydroxylation is 1. The van der Waals surface area contributed by atoms with Gasteiger partial charge in [0.1, 0.15) is 0 Å². The first-order valence-corrected chi connectivity index (χ1v) is 7.27. The summed E-state index contributed by atoms with van der Waals surface area (Å²) in [7, 11) is 0. The number of carbonyl (C=O) groups excluding carboxylic acids is 1. The van der Waals surface area contributed by atoms with Crippen molar-refractivity contribution in [3.63, 3.8) is 0 Å². The summed E-state index contributed by atoms with van der Waals surface area (Å²) in [6, 6.07) is 4.46. The van der Waals surface area contributed by atoms with Crippen molar-refractivity contribution in [3.8, 4) is 0 Å². The van der Waals surface area contributed by atoms with E-state index in [1.54, 1.807) is 0 Å². The van der Waals surface area contributed by atoms with Crippen molar-refractivity contribution in [1.29, 1.82) is 0 Å². The van der Waals surface area contributed by atoms with Gasteiger partial charge in [-0.3, -0.25) is 4.79 Å². The van der Waals surface area contributed by atoms with E-state index in [0.717, 1.165) is 10.6 Å². The number of nitrogens with zero attached hydrogens (tertiary/aromatic N) is 2. The Balaban J connectivity index is 2.57. The predicted molar refractivity (Wildman–Crippen MR) is 76.8 cm³/mol. The van der Waals surface area contributed by atoms with E-state index in [9.17, 15) is 4.79 Å². The van der Waals surface area contributed by atoms with Gasteiger partial charge in [-0.2, -0.15) is 0 Å². The molecule has 0 aliphatic heterocycles. The quantitative estimate of drug-likeness (QED) is 0.768. The van der Waals surface area contributed by atoms with Gasteiger partial charge in [-0.1, -0.05) is 17.8 Å². The third-order valence-electron chi connectivity index (χ3n) is 2.63. The molecule has 0 aromatic carbocycles. The lowest BCUT2D eigenvalue weighted by Gasteiger charge is -2.30. The zero-order chi connectivity index (χ0) is 13.7. The van der Waals surface area contributed by atoms with E-state index in [1.165, 1.54) is 11.8 Å². The number of hydrogen-bond donors (Lipinski definition) is 0. The zero-order valence-electron chi connectivity index (χ0n) is 11.8. The summed E-state index contributed by atoms with van der Waals surface area (Å²) < 4.78 is 0. The Hall–Kier alpha value is -1.03. The van der Waals surface area contributed by atoms with Crippen LogP contribution in [0.1, 0.15) is 33.3 Å². The van der Waals surface area contributed by atoms with E-state index in [0.29, 0.717) is 5.75 Å². The van der Waals surface area contributed by atoms with Crippen LogP contribution in [0, 0.1) is 6.92 Å². The van der Waals surface area contributed by atoms with Crippen molar-refractivity contribution in [3.05, 3.63) is 23.9 Å². The van der Waals surface area contributed by atoms with Gasteiger partial charge in [-0.15, -0.1) is 0 Å². The fraction of sp³-hybridized carbons (Fsp3) is 0.571. The summed E-state index contributed by atoms with van der Waals surface area (Å²) in [5, 5.41) is 0.904. The first-order chi connectivity index (χ1) is 8.41. The van der Waals surface area contributed by atoms with Crippen LogP contribution in [0.15, 0.2) is 23.4 Å². The normalized spacial score (nSPS) is 11.1. The van der Waals surface area contributed by atoms with E-state index >= 15 is 0 Å². The highest BCUT2D eigenvalue weighted by Crippen LogP contribution is 2.17. The number of aromatic nitrogens is 1. The Labute approximate surface area is 114 Å². The molecule has 0 fully saturated rings. The minimum absolute atomic E-state index is 0.173. The van der Waals surface area contributed by atoms with Crippen LogP contribution in [0.3, 0.4) is 0 Å². The molecule has 0 atom stereocenters. The maximum atomic E-state index is 12.1. The molecule has 0 bridgehead atoms. The molecule has 0 spiro atoms. The Morgan fingerprint density at radius 1 is 1.28 bits per heavy atom. The fourth-order valence-corrected chi connectivity index (χ4v) is 2.63. The van der Waals surface area contributed by atoms with Gasteiger partial charge in [0.25, 0.3) is 0 Å². The molecule has 0 N–H and O–H groups in total. The third-order valence-corrected chi connectivity index (χ3v) is 3.56. The van der Waals surface area contributed by atoms with E-state index in [-0.39, 0.29) is 18.0 Å². The van der Waals surface area contributed by atoms with Gasteiger partial charge in [-0.25, -0.2) is 4.98 Å². The second-order valence-corrected chi connectivity index (χ2v) is 5.95. The summed E-state index contributed by atoms with van der Waals surface area (Å²) in [6.45, 7) is 10.2. The maximum Gasteiger partial charge on any atom is 0.233 e. The lowest BCUT2D eigenvalue weighted by atomic mass is 10.2. The standard InChI is InChI=1S/C14H22N2OS/c1-10(2)16(11(3)4)14(17)9-18-13-7-6-12(5)8-15-13/h6-8,10-11H,9H2,1-5H3. The van der Waals surface area contributed by atoms with Gasteiger partial charge >= 0.3 is 0 Å². The van der Waals surface area contributed by atoms with Crippen LogP contribution in [0.25, 0.3) is 0 Å². The molecule has 0 unspecified atom stereocenters. The topological polar surface area (TPSA) is 33.2 Å². The third kappa shape index (κ3) is 4.33. The Morgan fingerprint density at radius 2 is 1.89 bits per heavy atom. The van der Waals surface area contributed by atoms with Gasteiger partial charge in [0.15, 0.2) is 0 Å². The highest BCUT2D eigenvalue weighted by Gasteiger charge is 2.19. The molecular weight excluding hydrogens is 244 g/mol. The van der Waals surface area contributed by atoms with Gasteiger partial charge in [0, 0.05) is 18.3 Å². The molecule has 1 aromatic rings. The van der Waals surface area contributed by atoms with E-state index in [4.69, 9.17) is 0 Å².